The minimum absolute atomic E-state index is 0.288. The van der Waals surface area contributed by atoms with Crippen LogP contribution in [-0.2, 0) is 6.54 Å². The number of halogens is 1. The van der Waals surface area contributed by atoms with E-state index in [-0.39, 0.29) is 6.04 Å². The van der Waals surface area contributed by atoms with E-state index in [2.05, 4.69) is 68.9 Å². The van der Waals surface area contributed by atoms with Crippen molar-refractivity contribution in [1.82, 2.24) is 14.7 Å². The van der Waals surface area contributed by atoms with Crippen LogP contribution in [0.4, 0.5) is 0 Å². The molecule has 1 atom stereocenters. The SMILES string of the molecule is Cc1nc2ccccn2c1CNC(C)c1cccc(Br)c1. The Labute approximate surface area is 133 Å². The highest BCUT2D eigenvalue weighted by atomic mass is 79.9. The largest absolute Gasteiger partial charge is 0.305 e. The Morgan fingerprint density at radius 1 is 1.24 bits per heavy atom. The number of nitrogens with zero attached hydrogens (tertiary/aromatic N) is 2. The highest BCUT2D eigenvalue weighted by Gasteiger charge is 2.10. The molecule has 2 aromatic heterocycles. The number of rotatable bonds is 4. The molecule has 0 saturated heterocycles. The molecular weight excluding hydrogens is 326 g/mol. The smallest absolute Gasteiger partial charge is 0.137 e. The van der Waals surface area contributed by atoms with Gasteiger partial charge in [-0.15, -0.1) is 0 Å². The highest BCUT2D eigenvalue weighted by Crippen LogP contribution is 2.19. The number of benzene rings is 1. The predicted octanol–water partition coefficient (Wildman–Crippen LogP) is 4.26. The minimum Gasteiger partial charge on any atom is -0.305 e. The molecule has 1 N–H and O–H groups in total. The van der Waals surface area contributed by atoms with Gasteiger partial charge in [-0.3, -0.25) is 0 Å². The molecule has 0 aliphatic rings. The van der Waals surface area contributed by atoms with Crippen molar-refractivity contribution >= 4 is 21.6 Å². The van der Waals surface area contributed by atoms with Crippen LogP contribution in [0.1, 0.15) is 29.9 Å². The van der Waals surface area contributed by atoms with Crippen LogP contribution in [-0.4, -0.2) is 9.38 Å². The molecule has 0 bridgehead atoms. The Morgan fingerprint density at radius 3 is 2.90 bits per heavy atom. The van der Waals surface area contributed by atoms with Crippen LogP contribution >= 0.6 is 15.9 Å². The molecular formula is C17H18BrN3. The number of nitrogens with one attached hydrogen (secondary N) is 1. The summed E-state index contributed by atoms with van der Waals surface area (Å²) >= 11 is 3.52. The molecule has 0 aliphatic heterocycles. The van der Waals surface area contributed by atoms with Crippen LogP contribution in [0.3, 0.4) is 0 Å². The number of hydrogen-bond acceptors (Lipinski definition) is 2. The van der Waals surface area contributed by atoms with Crippen molar-refractivity contribution in [3.63, 3.8) is 0 Å². The van der Waals surface area contributed by atoms with Crippen molar-refractivity contribution < 1.29 is 0 Å². The maximum Gasteiger partial charge on any atom is 0.137 e. The summed E-state index contributed by atoms with van der Waals surface area (Å²) in [6.45, 7) is 5.04. The van der Waals surface area contributed by atoms with Crippen LogP contribution in [0.2, 0.25) is 0 Å². The second-order valence-electron chi connectivity index (χ2n) is 5.23. The average molecular weight is 344 g/mol. The second kappa shape index (κ2) is 6.00. The van der Waals surface area contributed by atoms with Gasteiger partial charge in [0.25, 0.3) is 0 Å². The van der Waals surface area contributed by atoms with Gasteiger partial charge in [-0.1, -0.05) is 34.1 Å². The summed E-state index contributed by atoms with van der Waals surface area (Å²) in [6.07, 6.45) is 2.07. The molecule has 3 aromatic rings. The number of fused-ring (bicyclic) bond motifs is 1. The lowest BCUT2D eigenvalue weighted by Gasteiger charge is -2.15. The van der Waals surface area contributed by atoms with E-state index in [0.717, 1.165) is 22.4 Å². The first kappa shape index (κ1) is 14.3. The van der Waals surface area contributed by atoms with Crippen molar-refractivity contribution in [3.05, 3.63) is 70.1 Å². The van der Waals surface area contributed by atoms with Crippen molar-refractivity contribution in [2.75, 3.05) is 0 Å². The van der Waals surface area contributed by atoms with Gasteiger partial charge in [0.15, 0.2) is 0 Å². The van der Waals surface area contributed by atoms with Crippen LogP contribution < -0.4 is 5.32 Å². The number of pyridine rings is 1. The highest BCUT2D eigenvalue weighted by molar-refractivity contribution is 9.10. The van der Waals surface area contributed by atoms with E-state index in [4.69, 9.17) is 0 Å². The van der Waals surface area contributed by atoms with Crippen LogP contribution in [0.25, 0.3) is 5.65 Å². The fourth-order valence-electron chi connectivity index (χ4n) is 2.52. The summed E-state index contributed by atoms with van der Waals surface area (Å²) in [5.74, 6) is 0. The molecule has 0 spiro atoms. The summed E-state index contributed by atoms with van der Waals surface area (Å²) in [6, 6.07) is 14.8. The minimum atomic E-state index is 0.288. The van der Waals surface area contributed by atoms with Gasteiger partial charge in [0.05, 0.1) is 11.4 Å². The fraction of sp³-hybridized carbons (Fsp3) is 0.235. The maximum absolute atomic E-state index is 4.59. The third-order valence-electron chi connectivity index (χ3n) is 3.75. The van der Waals surface area contributed by atoms with Gasteiger partial charge in [0, 0.05) is 23.3 Å². The van der Waals surface area contributed by atoms with Crippen LogP contribution in [0.5, 0.6) is 0 Å². The van der Waals surface area contributed by atoms with Gasteiger partial charge in [-0.05, 0) is 43.7 Å². The van der Waals surface area contributed by atoms with E-state index < -0.39 is 0 Å². The molecule has 0 saturated carbocycles. The lowest BCUT2D eigenvalue weighted by Crippen LogP contribution is -2.19. The lowest BCUT2D eigenvalue weighted by molar-refractivity contribution is 0.564. The van der Waals surface area contributed by atoms with E-state index in [1.165, 1.54) is 11.3 Å². The van der Waals surface area contributed by atoms with Crippen LogP contribution in [0, 0.1) is 6.92 Å². The molecule has 0 radical (unpaired) electrons. The van der Waals surface area contributed by atoms with Crippen molar-refractivity contribution in [2.24, 2.45) is 0 Å². The Morgan fingerprint density at radius 2 is 2.10 bits per heavy atom. The zero-order valence-electron chi connectivity index (χ0n) is 12.2. The summed E-state index contributed by atoms with van der Waals surface area (Å²) in [5, 5.41) is 3.58. The number of aromatic nitrogens is 2. The first-order valence-corrected chi connectivity index (χ1v) is 7.86. The molecule has 1 unspecified atom stereocenters. The zero-order chi connectivity index (χ0) is 14.8. The van der Waals surface area contributed by atoms with Crippen molar-refractivity contribution in [3.8, 4) is 0 Å². The first-order valence-electron chi connectivity index (χ1n) is 7.06. The van der Waals surface area contributed by atoms with Crippen molar-refractivity contribution in [2.45, 2.75) is 26.4 Å². The lowest BCUT2D eigenvalue weighted by atomic mass is 10.1. The molecule has 0 fully saturated rings. The van der Waals surface area contributed by atoms with E-state index in [0.29, 0.717) is 0 Å². The Balaban J connectivity index is 1.79. The third-order valence-corrected chi connectivity index (χ3v) is 4.25. The monoisotopic (exact) mass is 343 g/mol. The summed E-state index contributed by atoms with van der Waals surface area (Å²) in [4.78, 5) is 4.59. The zero-order valence-corrected chi connectivity index (χ0v) is 13.8. The summed E-state index contributed by atoms with van der Waals surface area (Å²) in [5.41, 5.74) is 4.57. The molecule has 108 valence electrons. The average Bonchev–Trinajstić information content (AvgIpc) is 2.80. The number of imidazole rings is 1. The van der Waals surface area contributed by atoms with E-state index in [1.807, 2.05) is 24.3 Å². The molecule has 1 aromatic carbocycles. The molecule has 0 amide bonds. The summed E-state index contributed by atoms with van der Waals surface area (Å²) in [7, 11) is 0. The van der Waals surface area contributed by atoms with E-state index in [1.54, 1.807) is 0 Å². The van der Waals surface area contributed by atoms with Gasteiger partial charge in [-0.2, -0.15) is 0 Å². The van der Waals surface area contributed by atoms with Gasteiger partial charge in [0.1, 0.15) is 5.65 Å². The summed E-state index contributed by atoms with van der Waals surface area (Å²) < 4.78 is 3.26. The van der Waals surface area contributed by atoms with Gasteiger partial charge in [-0.25, -0.2) is 4.98 Å². The molecule has 4 heteroatoms. The quantitative estimate of drug-likeness (QED) is 0.766. The first-order chi connectivity index (χ1) is 10.1. The Kier molecular flexibility index (Phi) is 4.08. The Bertz CT molecular complexity index is 764. The van der Waals surface area contributed by atoms with Crippen molar-refractivity contribution in [1.29, 1.82) is 0 Å². The standard InChI is InChI=1S/C17H18BrN3/c1-12(14-6-5-7-15(18)10-14)19-11-16-13(2)20-17-8-3-4-9-21(16)17/h3-10,12,19H,11H2,1-2H3. The Hall–Kier alpha value is -1.65. The maximum atomic E-state index is 4.59. The predicted molar refractivity (Wildman–Crippen MR) is 89.3 cm³/mol. The van der Waals surface area contributed by atoms with Gasteiger partial charge in [0.2, 0.25) is 0 Å². The topological polar surface area (TPSA) is 29.3 Å². The van der Waals surface area contributed by atoms with Gasteiger partial charge >= 0.3 is 0 Å². The number of aryl methyl sites for hydroxylation is 1. The normalized spacial score (nSPS) is 12.7. The number of hydrogen-bond donors (Lipinski definition) is 1. The van der Waals surface area contributed by atoms with Crippen LogP contribution in [0.15, 0.2) is 53.1 Å². The fourth-order valence-corrected chi connectivity index (χ4v) is 2.94. The van der Waals surface area contributed by atoms with E-state index in [9.17, 15) is 0 Å². The van der Waals surface area contributed by atoms with E-state index >= 15 is 0 Å². The second-order valence-corrected chi connectivity index (χ2v) is 6.15. The van der Waals surface area contributed by atoms with Gasteiger partial charge < -0.3 is 9.72 Å². The molecule has 21 heavy (non-hydrogen) atoms. The third kappa shape index (κ3) is 3.01. The molecule has 2 heterocycles. The molecule has 0 aliphatic carbocycles. The molecule has 3 nitrogen and oxygen atoms in total. The molecule has 3 rings (SSSR count).